The standard InChI is InChI=1S/C13H12Br2ClNO/c1-6(2)7-4-8-11(17-13(7)16)9(14)5-10(15)12(8)18-3/h4-6H,1-3H3. The molecule has 0 fully saturated rings. The first-order chi connectivity index (χ1) is 8.45. The van der Waals surface area contributed by atoms with E-state index in [4.69, 9.17) is 16.3 Å². The SMILES string of the molecule is COc1c(Br)cc(Br)c2nc(Cl)c(C(C)C)cc12. The smallest absolute Gasteiger partial charge is 0.142 e. The van der Waals surface area contributed by atoms with Gasteiger partial charge in [0.25, 0.3) is 0 Å². The summed E-state index contributed by atoms with van der Waals surface area (Å²) >= 11 is 13.2. The molecular weight excluding hydrogens is 381 g/mol. The van der Waals surface area contributed by atoms with E-state index in [1.165, 1.54) is 0 Å². The highest BCUT2D eigenvalue weighted by molar-refractivity contribution is 9.11. The summed E-state index contributed by atoms with van der Waals surface area (Å²) in [4.78, 5) is 4.46. The lowest BCUT2D eigenvalue weighted by molar-refractivity contribution is 0.417. The minimum Gasteiger partial charge on any atom is -0.495 e. The predicted molar refractivity (Wildman–Crippen MR) is 82.8 cm³/mol. The monoisotopic (exact) mass is 391 g/mol. The molecule has 0 radical (unpaired) electrons. The molecule has 0 saturated heterocycles. The lowest BCUT2D eigenvalue weighted by Crippen LogP contribution is -1.96. The van der Waals surface area contributed by atoms with Gasteiger partial charge in [-0.2, -0.15) is 0 Å². The van der Waals surface area contributed by atoms with Crippen molar-refractivity contribution < 1.29 is 4.74 Å². The predicted octanol–water partition coefficient (Wildman–Crippen LogP) is 5.55. The van der Waals surface area contributed by atoms with Crippen molar-refractivity contribution in [2.24, 2.45) is 0 Å². The Kier molecular flexibility index (Phi) is 4.19. The van der Waals surface area contributed by atoms with Gasteiger partial charge in [-0.25, -0.2) is 4.98 Å². The molecule has 1 heterocycles. The van der Waals surface area contributed by atoms with Gasteiger partial charge < -0.3 is 4.74 Å². The Labute approximate surface area is 128 Å². The van der Waals surface area contributed by atoms with E-state index in [9.17, 15) is 0 Å². The quantitative estimate of drug-likeness (QED) is 0.625. The van der Waals surface area contributed by atoms with Gasteiger partial charge in [-0.15, -0.1) is 0 Å². The van der Waals surface area contributed by atoms with Crippen LogP contribution in [-0.4, -0.2) is 12.1 Å². The Hall–Kier alpha value is -0.320. The Morgan fingerprint density at radius 3 is 2.44 bits per heavy atom. The highest BCUT2D eigenvalue weighted by Gasteiger charge is 2.15. The third-order valence-corrected chi connectivity index (χ3v) is 4.27. The molecule has 96 valence electrons. The molecule has 0 aliphatic heterocycles. The molecule has 0 spiro atoms. The van der Waals surface area contributed by atoms with E-state index in [-0.39, 0.29) is 0 Å². The molecule has 0 bridgehead atoms. The van der Waals surface area contributed by atoms with Crippen molar-refractivity contribution in [2.75, 3.05) is 7.11 Å². The van der Waals surface area contributed by atoms with Crippen LogP contribution in [0.15, 0.2) is 21.1 Å². The van der Waals surface area contributed by atoms with Crippen LogP contribution < -0.4 is 4.74 Å². The number of benzene rings is 1. The first-order valence-corrected chi connectivity index (χ1v) is 7.44. The second-order valence-corrected chi connectivity index (χ2v) is 6.36. The highest BCUT2D eigenvalue weighted by Crippen LogP contribution is 2.40. The van der Waals surface area contributed by atoms with Crippen molar-refractivity contribution in [3.05, 3.63) is 31.8 Å². The first-order valence-electron chi connectivity index (χ1n) is 5.47. The summed E-state index contributed by atoms with van der Waals surface area (Å²) in [5.41, 5.74) is 1.83. The zero-order chi connectivity index (χ0) is 13.4. The van der Waals surface area contributed by atoms with E-state index >= 15 is 0 Å². The van der Waals surface area contributed by atoms with Crippen LogP contribution >= 0.6 is 43.5 Å². The van der Waals surface area contributed by atoms with Gasteiger partial charge in [0.15, 0.2) is 0 Å². The summed E-state index contributed by atoms with van der Waals surface area (Å²) in [5.74, 6) is 1.09. The minimum absolute atomic E-state index is 0.317. The van der Waals surface area contributed by atoms with Crippen LogP contribution in [-0.2, 0) is 0 Å². The zero-order valence-corrected chi connectivity index (χ0v) is 14.1. The fraction of sp³-hybridized carbons (Fsp3) is 0.308. The molecular formula is C13H12Br2ClNO. The maximum atomic E-state index is 6.22. The minimum atomic E-state index is 0.317. The maximum absolute atomic E-state index is 6.22. The second-order valence-electron chi connectivity index (χ2n) is 4.29. The van der Waals surface area contributed by atoms with Gasteiger partial charge in [0.1, 0.15) is 10.9 Å². The summed E-state index contributed by atoms with van der Waals surface area (Å²) in [5, 5.41) is 1.49. The van der Waals surface area contributed by atoms with E-state index in [1.807, 2.05) is 12.1 Å². The number of nitrogens with zero attached hydrogens (tertiary/aromatic N) is 1. The van der Waals surface area contributed by atoms with Crippen molar-refractivity contribution in [2.45, 2.75) is 19.8 Å². The Morgan fingerprint density at radius 2 is 1.89 bits per heavy atom. The van der Waals surface area contributed by atoms with Crippen LogP contribution in [0.5, 0.6) is 5.75 Å². The van der Waals surface area contributed by atoms with Gasteiger partial charge in [0, 0.05) is 9.86 Å². The van der Waals surface area contributed by atoms with E-state index in [1.54, 1.807) is 7.11 Å². The molecule has 0 unspecified atom stereocenters. The van der Waals surface area contributed by atoms with Gasteiger partial charge in [-0.05, 0) is 55.5 Å². The van der Waals surface area contributed by atoms with Crippen molar-refractivity contribution >= 4 is 54.4 Å². The van der Waals surface area contributed by atoms with Crippen molar-refractivity contribution in [3.63, 3.8) is 0 Å². The molecule has 0 aliphatic rings. The molecule has 2 rings (SSSR count). The van der Waals surface area contributed by atoms with E-state index < -0.39 is 0 Å². The highest BCUT2D eigenvalue weighted by atomic mass is 79.9. The van der Waals surface area contributed by atoms with Crippen molar-refractivity contribution in [1.82, 2.24) is 4.98 Å². The Balaban J connectivity index is 2.88. The third kappa shape index (κ3) is 2.38. The molecule has 0 saturated carbocycles. The normalized spacial score (nSPS) is 11.3. The summed E-state index contributed by atoms with van der Waals surface area (Å²) in [7, 11) is 1.65. The molecule has 1 aromatic heterocycles. The second kappa shape index (κ2) is 5.35. The van der Waals surface area contributed by atoms with Gasteiger partial charge in [0.05, 0.1) is 17.1 Å². The van der Waals surface area contributed by atoms with Gasteiger partial charge in [-0.3, -0.25) is 0 Å². The van der Waals surface area contributed by atoms with Crippen LogP contribution in [0.2, 0.25) is 5.15 Å². The first kappa shape index (κ1) is 14.1. The number of pyridine rings is 1. The fourth-order valence-corrected chi connectivity index (χ4v) is 3.65. The fourth-order valence-electron chi connectivity index (χ4n) is 1.85. The number of methoxy groups -OCH3 is 1. The molecule has 0 atom stereocenters. The lowest BCUT2D eigenvalue weighted by Gasteiger charge is -2.13. The molecule has 0 N–H and O–H groups in total. The molecule has 0 amide bonds. The number of aromatic nitrogens is 1. The summed E-state index contributed by atoms with van der Waals surface area (Å²) in [6.07, 6.45) is 0. The largest absolute Gasteiger partial charge is 0.495 e. The number of hydrogen-bond acceptors (Lipinski definition) is 2. The van der Waals surface area contributed by atoms with Crippen LogP contribution in [0.3, 0.4) is 0 Å². The van der Waals surface area contributed by atoms with E-state index in [2.05, 4.69) is 50.7 Å². The number of ether oxygens (including phenoxy) is 1. The Morgan fingerprint density at radius 1 is 1.22 bits per heavy atom. The summed E-state index contributed by atoms with van der Waals surface area (Å²) in [6.45, 7) is 4.18. The van der Waals surface area contributed by atoms with Crippen LogP contribution in [0.25, 0.3) is 10.9 Å². The number of fused-ring (bicyclic) bond motifs is 1. The van der Waals surface area contributed by atoms with Gasteiger partial charge >= 0.3 is 0 Å². The molecule has 1 aromatic carbocycles. The van der Waals surface area contributed by atoms with Crippen LogP contribution in [0.4, 0.5) is 0 Å². The maximum Gasteiger partial charge on any atom is 0.142 e. The molecule has 2 aromatic rings. The van der Waals surface area contributed by atoms with Crippen molar-refractivity contribution in [3.8, 4) is 5.75 Å². The summed E-state index contributed by atoms with van der Waals surface area (Å²) in [6, 6.07) is 3.96. The van der Waals surface area contributed by atoms with Gasteiger partial charge in [-0.1, -0.05) is 25.4 Å². The molecule has 18 heavy (non-hydrogen) atoms. The number of halogens is 3. The summed E-state index contributed by atoms with van der Waals surface area (Å²) < 4.78 is 7.22. The molecule has 2 nitrogen and oxygen atoms in total. The molecule has 0 aliphatic carbocycles. The Bertz CT molecular complexity index is 614. The van der Waals surface area contributed by atoms with Crippen LogP contribution in [0, 0.1) is 0 Å². The zero-order valence-electron chi connectivity index (χ0n) is 10.2. The average Bonchev–Trinajstić information content (AvgIpc) is 2.29. The number of hydrogen-bond donors (Lipinski definition) is 0. The lowest BCUT2D eigenvalue weighted by atomic mass is 10.0. The van der Waals surface area contributed by atoms with E-state index in [0.717, 1.165) is 31.2 Å². The topological polar surface area (TPSA) is 22.1 Å². The third-order valence-electron chi connectivity index (χ3n) is 2.77. The van der Waals surface area contributed by atoms with E-state index in [0.29, 0.717) is 11.1 Å². The van der Waals surface area contributed by atoms with Crippen LogP contribution in [0.1, 0.15) is 25.3 Å². The van der Waals surface area contributed by atoms with Gasteiger partial charge in [0.2, 0.25) is 0 Å². The molecule has 5 heteroatoms. The average molecular weight is 394 g/mol. The number of rotatable bonds is 2. The van der Waals surface area contributed by atoms with Crippen molar-refractivity contribution in [1.29, 1.82) is 0 Å².